The highest BCUT2D eigenvalue weighted by atomic mass is 127. The highest BCUT2D eigenvalue weighted by Gasteiger charge is 2.16. The molecule has 3 heterocycles. The van der Waals surface area contributed by atoms with Gasteiger partial charge in [0.1, 0.15) is 5.76 Å². The highest BCUT2D eigenvalue weighted by Crippen LogP contribution is 2.32. The Balaban J connectivity index is 0.00000225. The Morgan fingerprint density at radius 3 is 2.89 bits per heavy atom. The first-order chi connectivity index (χ1) is 13.4. The minimum absolute atomic E-state index is 0. The SMILES string of the molecule is I.c1coc(CCNC(=NCc2ccc3c(c2)OCO3)NCC2CCOC2)c1. The first-order valence-corrected chi connectivity index (χ1v) is 9.37. The van der Waals surface area contributed by atoms with Crippen molar-refractivity contribution in [2.24, 2.45) is 10.9 Å². The monoisotopic (exact) mass is 499 g/mol. The van der Waals surface area contributed by atoms with Crippen LogP contribution in [0.2, 0.25) is 0 Å². The Kier molecular flexibility index (Phi) is 7.84. The van der Waals surface area contributed by atoms with Gasteiger partial charge < -0.3 is 29.3 Å². The van der Waals surface area contributed by atoms with Crippen LogP contribution in [0.25, 0.3) is 0 Å². The van der Waals surface area contributed by atoms with Crippen LogP contribution in [-0.2, 0) is 17.7 Å². The average molecular weight is 499 g/mol. The lowest BCUT2D eigenvalue weighted by molar-refractivity contribution is 0.174. The van der Waals surface area contributed by atoms with Gasteiger partial charge in [0.25, 0.3) is 0 Å². The molecule has 1 unspecified atom stereocenters. The van der Waals surface area contributed by atoms with Gasteiger partial charge in [-0.05, 0) is 36.2 Å². The van der Waals surface area contributed by atoms with E-state index in [9.17, 15) is 0 Å². The van der Waals surface area contributed by atoms with Crippen molar-refractivity contribution in [1.82, 2.24) is 10.6 Å². The van der Waals surface area contributed by atoms with Gasteiger partial charge in [0, 0.05) is 32.0 Å². The Morgan fingerprint density at radius 2 is 2.07 bits per heavy atom. The predicted molar refractivity (Wildman–Crippen MR) is 116 cm³/mol. The number of rotatable bonds is 7. The van der Waals surface area contributed by atoms with E-state index in [0.717, 1.165) is 67.9 Å². The number of fused-ring (bicyclic) bond motifs is 1. The van der Waals surface area contributed by atoms with E-state index in [2.05, 4.69) is 10.6 Å². The Labute approximate surface area is 181 Å². The highest BCUT2D eigenvalue weighted by molar-refractivity contribution is 14.0. The zero-order chi connectivity index (χ0) is 18.3. The third kappa shape index (κ3) is 5.78. The Bertz CT molecular complexity index is 761. The van der Waals surface area contributed by atoms with E-state index in [1.165, 1.54) is 0 Å². The largest absolute Gasteiger partial charge is 0.469 e. The maximum atomic E-state index is 5.45. The van der Waals surface area contributed by atoms with Crippen LogP contribution in [0.15, 0.2) is 46.0 Å². The number of aliphatic imine (C=N–C) groups is 1. The van der Waals surface area contributed by atoms with Crippen LogP contribution in [0.4, 0.5) is 0 Å². The van der Waals surface area contributed by atoms with Crippen molar-refractivity contribution in [3.05, 3.63) is 47.9 Å². The molecule has 2 aliphatic rings. The van der Waals surface area contributed by atoms with E-state index in [4.69, 9.17) is 23.6 Å². The summed E-state index contributed by atoms with van der Waals surface area (Å²) in [7, 11) is 0. The second kappa shape index (κ2) is 10.6. The van der Waals surface area contributed by atoms with E-state index in [-0.39, 0.29) is 30.8 Å². The van der Waals surface area contributed by atoms with Crippen molar-refractivity contribution >= 4 is 29.9 Å². The molecule has 1 aromatic heterocycles. The summed E-state index contributed by atoms with van der Waals surface area (Å²) < 4.78 is 21.6. The van der Waals surface area contributed by atoms with E-state index >= 15 is 0 Å². The fourth-order valence-electron chi connectivity index (χ4n) is 3.13. The fourth-order valence-corrected chi connectivity index (χ4v) is 3.13. The topological polar surface area (TPSA) is 77.3 Å². The number of ether oxygens (including phenoxy) is 3. The van der Waals surface area contributed by atoms with E-state index < -0.39 is 0 Å². The van der Waals surface area contributed by atoms with Crippen molar-refractivity contribution in [3.8, 4) is 11.5 Å². The second-order valence-corrected chi connectivity index (χ2v) is 6.72. The van der Waals surface area contributed by atoms with Crippen molar-refractivity contribution in [2.45, 2.75) is 19.4 Å². The van der Waals surface area contributed by atoms with Gasteiger partial charge in [0.2, 0.25) is 6.79 Å². The summed E-state index contributed by atoms with van der Waals surface area (Å²) in [4.78, 5) is 4.73. The molecule has 0 aliphatic carbocycles. The number of halogens is 1. The maximum absolute atomic E-state index is 5.45. The van der Waals surface area contributed by atoms with Gasteiger partial charge >= 0.3 is 0 Å². The molecule has 2 N–H and O–H groups in total. The normalized spacial score (nSPS) is 18.0. The Hall–Kier alpha value is -1.94. The molecule has 0 amide bonds. The standard InChI is InChI=1S/C20H25N3O4.HI/c1-2-17(25-8-1)5-7-21-20(23-12-16-6-9-24-13-16)22-11-15-3-4-18-19(10-15)27-14-26-18;/h1-4,8,10,16H,5-7,9,11-14H2,(H2,21,22,23);1H. The zero-order valence-corrected chi connectivity index (χ0v) is 18.0. The summed E-state index contributed by atoms with van der Waals surface area (Å²) in [6.45, 7) is 4.12. The van der Waals surface area contributed by atoms with Crippen LogP contribution in [-0.4, -0.2) is 39.1 Å². The summed E-state index contributed by atoms with van der Waals surface area (Å²) in [5.74, 6) is 3.87. The molecule has 2 aromatic rings. The van der Waals surface area contributed by atoms with Gasteiger partial charge in [-0.2, -0.15) is 0 Å². The molecule has 0 spiro atoms. The zero-order valence-electron chi connectivity index (χ0n) is 15.7. The third-order valence-electron chi connectivity index (χ3n) is 4.68. The summed E-state index contributed by atoms with van der Waals surface area (Å²) in [6, 6.07) is 9.82. The Morgan fingerprint density at radius 1 is 1.14 bits per heavy atom. The van der Waals surface area contributed by atoms with Gasteiger partial charge in [-0.1, -0.05) is 6.07 Å². The molecule has 1 aromatic carbocycles. The van der Waals surface area contributed by atoms with E-state index in [1.807, 2.05) is 30.3 Å². The van der Waals surface area contributed by atoms with Gasteiger partial charge in [-0.25, -0.2) is 4.99 Å². The van der Waals surface area contributed by atoms with Crippen LogP contribution in [0.1, 0.15) is 17.7 Å². The van der Waals surface area contributed by atoms with E-state index in [1.54, 1.807) is 6.26 Å². The quantitative estimate of drug-likeness (QED) is 0.347. The van der Waals surface area contributed by atoms with Gasteiger partial charge in [-0.3, -0.25) is 0 Å². The van der Waals surface area contributed by atoms with Gasteiger partial charge in [0.15, 0.2) is 17.5 Å². The van der Waals surface area contributed by atoms with Gasteiger partial charge in [0.05, 0.1) is 19.4 Å². The van der Waals surface area contributed by atoms with Gasteiger partial charge in [-0.15, -0.1) is 24.0 Å². The molecule has 1 atom stereocenters. The van der Waals surface area contributed by atoms with Crippen LogP contribution in [0.3, 0.4) is 0 Å². The molecule has 1 fully saturated rings. The second-order valence-electron chi connectivity index (χ2n) is 6.72. The minimum Gasteiger partial charge on any atom is -0.469 e. The number of nitrogens with zero attached hydrogens (tertiary/aromatic N) is 1. The molecule has 8 heteroatoms. The van der Waals surface area contributed by atoms with Crippen molar-refractivity contribution < 1.29 is 18.6 Å². The first kappa shape index (κ1) is 20.8. The fraction of sp³-hybridized carbons (Fsp3) is 0.450. The minimum atomic E-state index is 0. The third-order valence-corrected chi connectivity index (χ3v) is 4.68. The predicted octanol–water partition coefficient (Wildman–Crippen LogP) is 2.94. The van der Waals surface area contributed by atoms with Crippen LogP contribution in [0, 0.1) is 5.92 Å². The molecule has 152 valence electrons. The molecular formula is C20H26IN3O4. The van der Waals surface area contributed by atoms with Crippen molar-refractivity contribution in [2.75, 3.05) is 33.1 Å². The lowest BCUT2D eigenvalue weighted by Gasteiger charge is -2.15. The molecule has 4 rings (SSSR count). The molecular weight excluding hydrogens is 473 g/mol. The van der Waals surface area contributed by atoms with Crippen LogP contribution < -0.4 is 20.1 Å². The first-order valence-electron chi connectivity index (χ1n) is 9.37. The molecule has 0 saturated carbocycles. The molecule has 2 aliphatic heterocycles. The van der Waals surface area contributed by atoms with E-state index in [0.29, 0.717) is 12.5 Å². The number of furan rings is 1. The molecule has 7 nitrogen and oxygen atoms in total. The number of guanidine groups is 1. The number of hydrogen-bond donors (Lipinski definition) is 2. The molecule has 0 radical (unpaired) electrons. The maximum Gasteiger partial charge on any atom is 0.231 e. The number of hydrogen-bond acceptors (Lipinski definition) is 5. The summed E-state index contributed by atoms with van der Waals surface area (Å²) >= 11 is 0. The van der Waals surface area contributed by atoms with Crippen LogP contribution in [0.5, 0.6) is 11.5 Å². The lowest BCUT2D eigenvalue weighted by atomic mass is 10.1. The molecule has 28 heavy (non-hydrogen) atoms. The molecule has 0 bridgehead atoms. The average Bonchev–Trinajstić information content (AvgIpc) is 3.45. The van der Waals surface area contributed by atoms with Crippen molar-refractivity contribution in [3.63, 3.8) is 0 Å². The summed E-state index contributed by atoms with van der Waals surface area (Å²) in [5.41, 5.74) is 1.08. The van der Waals surface area contributed by atoms with Crippen LogP contribution >= 0.6 is 24.0 Å². The summed E-state index contributed by atoms with van der Waals surface area (Å²) in [5, 5.41) is 6.82. The lowest BCUT2D eigenvalue weighted by Crippen LogP contribution is -2.40. The molecule has 1 saturated heterocycles. The smallest absolute Gasteiger partial charge is 0.231 e. The van der Waals surface area contributed by atoms with Crippen molar-refractivity contribution in [1.29, 1.82) is 0 Å². The number of benzene rings is 1. The number of nitrogens with one attached hydrogen (secondary N) is 2. The summed E-state index contributed by atoms with van der Waals surface area (Å²) in [6.07, 6.45) is 3.60.